The van der Waals surface area contributed by atoms with Gasteiger partial charge in [0.05, 0.1) is 17.9 Å². The van der Waals surface area contributed by atoms with Gasteiger partial charge in [-0.25, -0.2) is 0 Å². The third-order valence-electron chi connectivity index (χ3n) is 5.28. The number of hydrogen-bond donors (Lipinski definition) is 3. The summed E-state index contributed by atoms with van der Waals surface area (Å²) >= 11 is 0. The molecular weight excluding hydrogens is 274 g/mol. The molecular formula is C15H21NO5. The Bertz CT molecular complexity index is 490. The molecule has 116 valence electrons. The maximum absolute atomic E-state index is 12.4. The van der Waals surface area contributed by atoms with Crippen molar-refractivity contribution in [1.82, 2.24) is 5.32 Å². The van der Waals surface area contributed by atoms with Gasteiger partial charge in [0.15, 0.2) is 0 Å². The van der Waals surface area contributed by atoms with Gasteiger partial charge in [0.2, 0.25) is 5.91 Å². The zero-order chi connectivity index (χ0) is 15.2. The standard InChI is InChI=1S/C15H21NO5/c1-8-15(20,4-5-21-8)7-16-13(17)11-9-2-3-10(6-9)12(11)14(18)19/h2-3,8-12,20H,4-7H2,1H3,(H,16,17)(H,18,19)/t8?,9?,10?,11-,12+,15?/m0/s1. The molecule has 0 aromatic carbocycles. The quantitative estimate of drug-likeness (QED) is 0.642. The molecule has 21 heavy (non-hydrogen) atoms. The van der Waals surface area contributed by atoms with E-state index in [2.05, 4.69) is 5.32 Å². The smallest absolute Gasteiger partial charge is 0.307 e. The summed E-state index contributed by atoms with van der Waals surface area (Å²) in [6.45, 7) is 2.36. The van der Waals surface area contributed by atoms with E-state index < -0.39 is 23.4 Å². The second-order valence-electron chi connectivity index (χ2n) is 6.42. The summed E-state index contributed by atoms with van der Waals surface area (Å²) in [5.74, 6) is -2.40. The molecule has 1 heterocycles. The topological polar surface area (TPSA) is 95.9 Å². The number of amides is 1. The molecule has 6 heteroatoms. The monoisotopic (exact) mass is 295 g/mol. The third kappa shape index (κ3) is 2.36. The minimum Gasteiger partial charge on any atom is -0.481 e. The van der Waals surface area contributed by atoms with Crippen LogP contribution in [0.15, 0.2) is 12.2 Å². The van der Waals surface area contributed by atoms with Gasteiger partial charge in [-0.2, -0.15) is 0 Å². The highest BCUT2D eigenvalue weighted by molar-refractivity contribution is 5.86. The number of carbonyl (C=O) groups excluding carboxylic acids is 1. The number of aliphatic carboxylic acids is 1. The van der Waals surface area contributed by atoms with Crippen molar-refractivity contribution in [2.75, 3.05) is 13.2 Å². The number of rotatable bonds is 4. The second-order valence-corrected chi connectivity index (χ2v) is 6.42. The summed E-state index contributed by atoms with van der Waals surface area (Å²) in [5, 5.41) is 22.5. The van der Waals surface area contributed by atoms with Crippen molar-refractivity contribution in [2.24, 2.45) is 23.7 Å². The molecule has 2 fully saturated rings. The van der Waals surface area contributed by atoms with Crippen LogP contribution in [0.3, 0.4) is 0 Å². The van der Waals surface area contributed by atoms with Gasteiger partial charge in [-0.15, -0.1) is 0 Å². The second kappa shape index (κ2) is 5.10. The summed E-state index contributed by atoms with van der Waals surface area (Å²) in [4.78, 5) is 23.8. The third-order valence-corrected chi connectivity index (χ3v) is 5.28. The molecule has 1 saturated carbocycles. The molecule has 1 aliphatic heterocycles. The van der Waals surface area contributed by atoms with Gasteiger partial charge < -0.3 is 20.3 Å². The van der Waals surface area contributed by atoms with Crippen LogP contribution in [0.4, 0.5) is 0 Å². The lowest BCUT2D eigenvalue weighted by molar-refractivity contribution is -0.148. The van der Waals surface area contributed by atoms with Crippen LogP contribution < -0.4 is 5.32 Å². The van der Waals surface area contributed by atoms with E-state index in [9.17, 15) is 19.8 Å². The maximum Gasteiger partial charge on any atom is 0.307 e. The normalized spacial score (nSPS) is 44.2. The number of carboxylic acids is 1. The minimum absolute atomic E-state index is 0.00277. The van der Waals surface area contributed by atoms with E-state index >= 15 is 0 Å². The minimum atomic E-state index is -1.05. The van der Waals surface area contributed by atoms with Gasteiger partial charge in [0, 0.05) is 19.6 Å². The van der Waals surface area contributed by atoms with Gasteiger partial charge in [0.25, 0.3) is 0 Å². The fourth-order valence-electron chi connectivity index (χ4n) is 3.88. The zero-order valence-corrected chi connectivity index (χ0v) is 12.0. The average Bonchev–Trinajstić information content (AvgIpc) is 3.12. The van der Waals surface area contributed by atoms with E-state index in [0.29, 0.717) is 13.0 Å². The lowest BCUT2D eigenvalue weighted by Crippen LogP contribution is -2.50. The van der Waals surface area contributed by atoms with Crippen molar-refractivity contribution in [3.05, 3.63) is 12.2 Å². The number of carboxylic acid groups (broad SMARTS) is 1. The first-order valence-corrected chi connectivity index (χ1v) is 7.45. The zero-order valence-electron chi connectivity index (χ0n) is 12.0. The number of fused-ring (bicyclic) bond motifs is 2. The number of aliphatic hydroxyl groups is 1. The highest BCUT2D eigenvalue weighted by atomic mass is 16.5. The first kappa shape index (κ1) is 14.5. The first-order valence-electron chi connectivity index (χ1n) is 7.45. The maximum atomic E-state index is 12.4. The SMILES string of the molecule is CC1OCCC1(O)CNC(=O)[C@H]1C2C=CC(C2)[C@H]1C(=O)O. The van der Waals surface area contributed by atoms with Gasteiger partial charge in [-0.1, -0.05) is 12.2 Å². The van der Waals surface area contributed by atoms with Crippen LogP contribution in [0.2, 0.25) is 0 Å². The van der Waals surface area contributed by atoms with Crippen molar-refractivity contribution in [3.63, 3.8) is 0 Å². The Hall–Kier alpha value is -1.40. The molecule has 0 aromatic heterocycles. The average molecular weight is 295 g/mol. The summed E-state index contributed by atoms with van der Waals surface area (Å²) in [6, 6.07) is 0. The number of ether oxygens (including phenoxy) is 1. The summed E-state index contributed by atoms with van der Waals surface area (Å²) in [7, 11) is 0. The van der Waals surface area contributed by atoms with Crippen molar-refractivity contribution in [3.8, 4) is 0 Å². The van der Waals surface area contributed by atoms with Crippen LogP contribution in [0.25, 0.3) is 0 Å². The molecule has 0 spiro atoms. The molecule has 6 atom stereocenters. The molecule has 1 amide bonds. The molecule has 0 aromatic rings. The highest BCUT2D eigenvalue weighted by Gasteiger charge is 2.52. The number of allylic oxidation sites excluding steroid dienone is 2. The van der Waals surface area contributed by atoms with Crippen molar-refractivity contribution < 1.29 is 24.5 Å². The van der Waals surface area contributed by atoms with E-state index in [1.807, 2.05) is 12.2 Å². The Kier molecular flexibility index (Phi) is 3.53. The lowest BCUT2D eigenvalue weighted by Gasteiger charge is -2.29. The predicted octanol–water partition coefficient (Wildman–Crippen LogP) is 0.165. The Morgan fingerprint density at radius 2 is 2.00 bits per heavy atom. The molecule has 3 aliphatic rings. The molecule has 2 bridgehead atoms. The van der Waals surface area contributed by atoms with Gasteiger partial charge in [-0.3, -0.25) is 9.59 Å². The Labute approximate surface area is 123 Å². The van der Waals surface area contributed by atoms with Crippen LogP contribution >= 0.6 is 0 Å². The first-order chi connectivity index (χ1) is 9.92. The van der Waals surface area contributed by atoms with E-state index in [4.69, 9.17) is 4.74 Å². The Balaban J connectivity index is 1.65. The lowest BCUT2D eigenvalue weighted by atomic mass is 9.82. The van der Waals surface area contributed by atoms with E-state index in [-0.39, 0.29) is 30.4 Å². The van der Waals surface area contributed by atoms with E-state index in [0.717, 1.165) is 6.42 Å². The fourth-order valence-corrected chi connectivity index (χ4v) is 3.88. The number of nitrogens with one attached hydrogen (secondary N) is 1. The number of hydrogen-bond acceptors (Lipinski definition) is 4. The molecule has 0 radical (unpaired) electrons. The fraction of sp³-hybridized carbons (Fsp3) is 0.733. The predicted molar refractivity (Wildman–Crippen MR) is 73.3 cm³/mol. The van der Waals surface area contributed by atoms with Gasteiger partial charge in [0.1, 0.15) is 5.60 Å². The molecule has 3 N–H and O–H groups in total. The van der Waals surface area contributed by atoms with E-state index in [1.165, 1.54) is 0 Å². The largest absolute Gasteiger partial charge is 0.481 e. The van der Waals surface area contributed by atoms with Crippen LogP contribution in [-0.2, 0) is 14.3 Å². The summed E-state index contributed by atoms with van der Waals surface area (Å²) in [5.41, 5.74) is -1.05. The molecule has 1 saturated heterocycles. The molecule has 3 rings (SSSR count). The van der Waals surface area contributed by atoms with E-state index in [1.54, 1.807) is 6.92 Å². The Morgan fingerprint density at radius 1 is 1.33 bits per heavy atom. The number of carbonyl (C=O) groups is 2. The van der Waals surface area contributed by atoms with Crippen molar-refractivity contribution in [2.45, 2.75) is 31.5 Å². The molecule has 2 aliphatic carbocycles. The van der Waals surface area contributed by atoms with Gasteiger partial charge in [-0.05, 0) is 25.2 Å². The van der Waals surface area contributed by atoms with Crippen LogP contribution in [0.5, 0.6) is 0 Å². The van der Waals surface area contributed by atoms with Crippen molar-refractivity contribution >= 4 is 11.9 Å². The van der Waals surface area contributed by atoms with Crippen LogP contribution in [0, 0.1) is 23.7 Å². The molecule has 4 unspecified atom stereocenters. The van der Waals surface area contributed by atoms with Gasteiger partial charge >= 0.3 is 5.97 Å². The summed E-state index contributed by atoms with van der Waals surface area (Å²) in [6.07, 6.45) is 4.75. The molecule has 6 nitrogen and oxygen atoms in total. The Morgan fingerprint density at radius 3 is 2.57 bits per heavy atom. The highest BCUT2D eigenvalue weighted by Crippen LogP contribution is 2.48. The van der Waals surface area contributed by atoms with Crippen molar-refractivity contribution in [1.29, 1.82) is 0 Å². The summed E-state index contributed by atoms with van der Waals surface area (Å²) < 4.78 is 5.33. The van der Waals surface area contributed by atoms with Crippen LogP contribution in [-0.4, -0.2) is 46.9 Å². The van der Waals surface area contributed by atoms with Crippen LogP contribution in [0.1, 0.15) is 19.8 Å².